The lowest BCUT2D eigenvalue weighted by Gasteiger charge is -2.29. The van der Waals surface area contributed by atoms with E-state index in [-0.39, 0.29) is 12.6 Å². The second-order valence-electron chi connectivity index (χ2n) is 7.50. The Bertz CT molecular complexity index is 725. The zero-order chi connectivity index (χ0) is 19.9. The number of nitrogens with zero attached hydrogens (tertiary/aromatic N) is 1. The van der Waals surface area contributed by atoms with E-state index >= 15 is 0 Å². The van der Waals surface area contributed by atoms with Crippen molar-refractivity contribution >= 4 is 29.2 Å². The number of carbonyl (C=O) groups excluding carboxylic acids is 3. The predicted molar refractivity (Wildman–Crippen MR) is 108 cm³/mol. The zero-order valence-electron chi connectivity index (χ0n) is 16.1. The zero-order valence-corrected chi connectivity index (χ0v) is 16.1. The quantitative estimate of drug-likeness (QED) is 0.595. The fourth-order valence-corrected chi connectivity index (χ4v) is 3.88. The number of amides is 4. The first-order chi connectivity index (χ1) is 13.5. The maximum atomic E-state index is 12.0. The van der Waals surface area contributed by atoms with Crippen molar-refractivity contribution in [3.63, 3.8) is 0 Å². The van der Waals surface area contributed by atoms with Gasteiger partial charge in [-0.3, -0.25) is 14.9 Å². The van der Waals surface area contributed by atoms with Crippen molar-refractivity contribution in [1.82, 2.24) is 10.6 Å². The van der Waals surface area contributed by atoms with Crippen molar-refractivity contribution in [2.45, 2.75) is 51.0 Å². The van der Waals surface area contributed by atoms with Crippen molar-refractivity contribution in [1.29, 1.82) is 0 Å². The topological polar surface area (TPSA) is 117 Å². The van der Waals surface area contributed by atoms with Gasteiger partial charge < -0.3 is 21.3 Å². The number of carbonyl (C=O) groups is 3. The van der Waals surface area contributed by atoms with Crippen LogP contribution >= 0.6 is 0 Å². The molecule has 152 valence electrons. The summed E-state index contributed by atoms with van der Waals surface area (Å²) in [6, 6.07) is 5.11. The lowest BCUT2D eigenvalue weighted by atomic mass is 10.1. The molecule has 0 bridgehead atoms. The molecule has 0 unspecified atom stereocenters. The number of primary amides is 1. The molecule has 2 aliphatic rings. The van der Waals surface area contributed by atoms with E-state index in [1.165, 1.54) is 6.42 Å². The van der Waals surface area contributed by atoms with Gasteiger partial charge in [0.2, 0.25) is 5.91 Å². The van der Waals surface area contributed by atoms with Gasteiger partial charge in [-0.05, 0) is 50.3 Å². The summed E-state index contributed by atoms with van der Waals surface area (Å²) in [7, 11) is 0. The molecule has 0 aromatic heterocycles. The Morgan fingerprint density at radius 3 is 2.43 bits per heavy atom. The summed E-state index contributed by atoms with van der Waals surface area (Å²) >= 11 is 0. The first kappa shape index (κ1) is 20.0. The fraction of sp³-hybridized carbons (Fsp3) is 0.550. The van der Waals surface area contributed by atoms with Crippen molar-refractivity contribution in [3.05, 3.63) is 23.8 Å². The van der Waals surface area contributed by atoms with E-state index < -0.39 is 17.8 Å². The van der Waals surface area contributed by atoms with Crippen molar-refractivity contribution in [2.24, 2.45) is 5.73 Å². The fourth-order valence-electron chi connectivity index (χ4n) is 3.88. The summed E-state index contributed by atoms with van der Waals surface area (Å²) in [5.74, 6) is -1.02. The van der Waals surface area contributed by atoms with Gasteiger partial charge in [0.1, 0.15) is 0 Å². The molecule has 8 heteroatoms. The molecule has 1 saturated heterocycles. The number of rotatable bonds is 6. The van der Waals surface area contributed by atoms with Crippen LogP contribution in [-0.2, 0) is 4.79 Å². The van der Waals surface area contributed by atoms with Crippen LogP contribution < -0.4 is 26.6 Å². The monoisotopic (exact) mass is 387 g/mol. The largest absolute Gasteiger partial charge is 0.375 e. The molecule has 8 nitrogen and oxygen atoms in total. The summed E-state index contributed by atoms with van der Waals surface area (Å²) in [6.07, 6.45) is 7.59. The Morgan fingerprint density at radius 2 is 1.75 bits per heavy atom. The minimum absolute atomic E-state index is 0.124. The normalized spacial score (nSPS) is 17.2. The first-order valence-electron chi connectivity index (χ1n) is 10.1. The van der Waals surface area contributed by atoms with Crippen molar-refractivity contribution in [3.8, 4) is 0 Å². The number of imide groups is 1. The van der Waals surface area contributed by atoms with Gasteiger partial charge in [0.25, 0.3) is 5.91 Å². The molecule has 4 amide bonds. The molecule has 1 heterocycles. The number of hydrogen-bond donors (Lipinski definition) is 4. The van der Waals surface area contributed by atoms with Crippen molar-refractivity contribution < 1.29 is 14.4 Å². The standard InChI is InChI=1S/C20H29N5O3/c21-19(27)16-12-15(25-10-4-1-5-11-25)8-9-17(16)22-13-18(26)24-20(28)23-14-6-2-3-7-14/h8-9,12,14,22H,1-7,10-11,13H2,(H2,21,27)(H2,23,24,26,28). The van der Waals surface area contributed by atoms with E-state index in [1.54, 1.807) is 12.1 Å². The number of nitrogens with two attached hydrogens (primary N) is 1. The molecule has 0 spiro atoms. The van der Waals surface area contributed by atoms with Crippen LogP contribution in [0.2, 0.25) is 0 Å². The number of anilines is 2. The van der Waals surface area contributed by atoms with Gasteiger partial charge in [0.05, 0.1) is 12.1 Å². The van der Waals surface area contributed by atoms with Crippen LogP contribution in [0, 0.1) is 0 Å². The van der Waals surface area contributed by atoms with Crippen molar-refractivity contribution in [2.75, 3.05) is 29.9 Å². The lowest BCUT2D eigenvalue weighted by Crippen LogP contribution is -2.45. The Hall–Kier alpha value is -2.77. The highest BCUT2D eigenvalue weighted by atomic mass is 16.2. The molecule has 3 rings (SSSR count). The molecular formula is C20H29N5O3. The smallest absolute Gasteiger partial charge is 0.321 e. The van der Waals surface area contributed by atoms with Crippen LogP contribution in [0.4, 0.5) is 16.2 Å². The van der Waals surface area contributed by atoms with Crippen LogP contribution in [-0.4, -0.2) is 43.5 Å². The second kappa shape index (κ2) is 9.43. The predicted octanol–water partition coefficient (Wildman–Crippen LogP) is 1.96. The molecule has 1 aliphatic heterocycles. The van der Waals surface area contributed by atoms with Gasteiger partial charge in [-0.15, -0.1) is 0 Å². The third-order valence-corrected chi connectivity index (χ3v) is 5.37. The van der Waals surface area contributed by atoms with Gasteiger partial charge in [0, 0.05) is 30.5 Å². The Kier molecular flexibility index (Phi) is 6.73. The van der Waals surface area contributed by atoms with Gasteiger partial charge in [-0.25, -0.2) is 4.79 Å². The number of urea groups is 1. The summed E-state index contributed by atoms with van der Waals surface area (Å²) < 4.78 is 0. The first-order valence-corrected chi connectivity index (χ1v) is 10.1. The number of nitrogens with one attached hydrogen (secondary N) is 3. The van der Waals surface area contributed by atoms with E-state index in [4.69, 9.17) is 5.73 Å². The SMILES string of the molecule is NC(=O)c1cc(N2CCCCC2)ccc1NCC(=O)NC(=O)NC1CCCC1. The molecule has 0 radical (unpaired) electrons. The highest BCUT2D eigenvalue weighted by Gasteiger charge is 2.19. The molecule has 5 N–H and O–H groups in total. The Morgan fingerprint density at radius 1 is 1.04 bits per heavy atom. The molecule has 2 fully saturated rings. The van der Waals surface area contributed by atoms with Crippen LogP contribution in [0.5, 0.6) is 0 Å². The summed E-state index contributed by atoms with van der Waals surface area (Å²) in [5, 5.41) is 8.03. The maximum absolute atomic E-state index is 12.0. The third-order valence-electron chi connectivity index (χ3n) is 5.37. The minimum atomic E-state index is -0.555. The van der Waals surface area contributed by atoms with E-state index in [2.05, 4.69) is 20.9 Å². The van der Waals surface area contributed by atoms with E-state index in [9.17, 15) is 14.4 Å². The Labute approximate surface area is 165 Å². The summed E-state index contributed by atoms with van der Waals surface area (Å²) in [4.78, 5) is 38.0. The molecule has 1 aliphatic carbocycles. The average Bonchev–Trinajstić information content (AvgIpc) is 3.19. The number of hydrogen-bond acceptors (Lipinski definition) is 5. The van der Waals surface area contributed by atoms with Gasteiger partial charge in [0.15, 0.2) is 0 Å². The second-order valence-corrected chi connectivity index (χ2v) is 7.50. The highest BCUT2D eigenvalue weighted by Crippen LogP contribution is 2.25. The molecule has 1 saturated carbocycles. The minimum Gasteiger partial charge on any atom is -0.375 e. The summed E-state index contributed by atoms with van der Waals surface area (Å²) in [6.45, 7) is 1.80. The molecule has 0 atom stereocenters. The summed E-state index contributed by atoms with van der Waals surface area (Å²) in [5.41, 5.74) is 7.31. The third kappa shape index (κ3) is 5.37. The van der Waals surface area contributed by atoms with Crippen LogP contribution in [0.15, 0.2) is 18.2 Å². The van der Waals surface area contributed by atoms with E-state index in [1.807, 2.05) is 6.07 Å². The number of piperidine rings is 1. The molecule has 1 aromatic rings. The van der Waals surface area contributed by atoms with Gasteiger partial charge in [-0.1, -0.05) is 12.8 Å². The Balaban J connectivity index is 1.55. The maximum Gasteiger partial charge on any atom is 0.321 e. The number of benzene rings is 1. The van der Waals surface area contributed by atoms with Crippen LogP contribution in [0.1, 0.15) is 55.3 Å². The molecule has 1 aromatic carbocycles. The van der Waals surface area contributed by atoms with Crippen LogP contribution in [0.25, 0.3) is 0 Å². The lowest BCUT2D eigenvalue weighted by molar-refractivity contribution is -0.118. The van der Waals surface area contributed by atoms with E-state index in [0.717, 1.165) is 57.3 Å². The van der Waals surface area contributed by atoms with E-state index in [0.29, 0.717) is 11.3 Å². The molecule has 28 heavy (non-hydrogen) atoms. The van der Waals surface area contributed by atoms with Gasteiger partial charge in [-0.2, -0.15) is 0 Å². The highest BCUT2D eigenvalue weighted by molar-refractivity contribution is 6.01. The molecular weight excluding hydrogens is 358 g/mol. The van der Waals surface area contributed by atoms with Crippen LogP contribution in [0.3, 0.4) is 0 Å². The van der Waals surface area contributed by atoms with Gasteiger partial charge >= 0.3 is 6.03 Å². The average molecular weight is 387 g/mol.